The van der Waals surface area contributed by atoms with Crippen LogP contribution in [0.25, 0.3) is 16.5 Å². The maximum atomic E-state index is 12.8. The van der Waals surface area contributed by atoms with E-state index in [4.69, 9.17) is 11.5 Å². The number of aromatic nitrogens is 1. The fourth-order valence-electron chi connectivity index (χ4n) is 2.58. The third-order valence-electron chi connectivity index (χ3n) is 3.67. The monoisotopic (exact) mass is 356 g/mol. The summed E-state index contributed by atoms with van der Waals surface area (Å²) in [6, 6.07) is 14.4. The number of rotatable bonds is 2. The van der Waals surface area contributed by atoms with Gasteiger partial charge in [0, 0.05) is 22.7 Å². The Morgan fingerprint density at radius 3 is 2.36 bits per heavy atom. The van der Waals surface area contributed by atoms with Gasteiger partial charge in [0.2, 0.25) is 0 Å². The molecule has 7 heteroatoms. The van der Waals surface area contributed by atoms with Crippen molar-refractivity contribution in [2.75, 3.05) is 0 Å². The zero-order chi connectivity index (χ0) is 17.3. The van der Waals surface area contributed by atoms with E-state index in [0.717, 1.165) is 5.56 Å². The van der Waals surface area contributed by atoms with E-state index < -0.39 is 5.91 Å². The van der Waals surface area contributed by atoms with Crippen molar-refractivity contribution in [3.05, 3.63) is 76.2 Å². The van der Waals surface area contributed by atoms with Crippen LogP contribution >= 0.6 is 12.4 Å². The molecule has 1 aromatic heterocycles. The topological polar surface area (TPSA) is 103 Å². The average Bonchev–Trinajstić information content (AvgIpc) is 2.55. The van der Waals surface area contributed by atoms with Gasteiger partial charge in [0.05, 0.1) is 5.56 Å². The minimum absolute atomic E-state index is 0. The second-order valence-electron chi connectivity index (χ2n) is 5.44. The normalized spacial score (nSPS) is 10.1. The lowest BCUT2D eigenvalue weighted by Gasteiger charge is -2.11. The maximum Gasteiger partial charge on any atom is 0.282 e. The van der Waals surface area contributed by atoms with Crippen molar-refractivity contribution in [1.29, 1.82) is 0 Å². The third-order valence-corrected chi connectivity index (χ3v) is 3.67. The molecule has 6 nitrogen and oxygen atoms in total. The molecule has 0 atom stereocenters. The Morgan fingerprint density at radius 1 is 1.04 bits per heavy atom. The first-order valence-electron chi connectivity index (χ1n) is 7.33. The number of guanidine groups is 1. The molecule has 0 bridgehead atoms. The van der Waals surface area contributed by atoms with Crippen LogP contribution in [-0.2, 0) is 0 Å². The number of fused-ring (bicyclic) bond motifs is 1. The van der Waals surface area contributed by atoms with Crippen molar-refractivity contribution in [1.82, 2.24) is 4.57 Å². The van der Waals surface area contributed by atoms with E-state index in [1.807, 2.05) is 31.2 Å². The van der Waals surface area contributed by atoms with Crippen LogP contribution in [0, 0.1) is 6.92 Å². The predicted molar refractivity (Wildman–Crippen MR) is 102 cm³/mol. The molecule has 0 spiro atoms. The number of pyridine rings is 1. The Bertz CT molecular complexity index is 1020. The Morgan fingerprint density at radius 2 is 1.72 bits per heavy atom. The van der Waals surface area contributed by atoms with Gasteiger partial charge in [-0.3, -0.25) is 14.2 Å². The lowest BCUT2D eigenvalue weighted by Crippen LogP contribution is -2.25. The largest absolute Gasteiger partial charge is 0.370 e. The molecule has 0 aliphatic rings. The molecule has 1 heterocycles. The number of aryl methyl sites for hydroxylation is 1. The standard InChI is InChI=1S/C18H16N4O2.ClH/c1-11-7-8-13-14(9-11)15(16(23)21-18(19)20)10-22(17(13)24)12-5-3-2-4-6-12;/h2-10H,1H3,(H4,19,20,21,23);1H. The van der Waals surface area contributed by atoms with Crippen LogP contribution < -0.4 is 17.0 Å². The summed E-state index contributed by atoms with van der Waals surface area (Å²) in [4.78, 5) is 28.8. The Hall–Kier alpha value is -3.12. The smallest absolute Gasteiger partial charge is 0.282 e. The molecule has 0 saturated heterocycles. The molecule has 3 aromatic rings. The molecule has 0 saturated carbocycles. The summed E-state index contributed by atoms with van der Waals surface area (Å²) in [5, 5.41) is 0.961. The first-order valence-corrected chi connectivity index (χ1v) is 7.33. The Labute approximate surface area is 150 Å². The quantitative estimate of drug-likeness (QED) is 0.542. The Balaban J connectivity index is 0.00000225. The zero-order valence-corrected chi connectivity index (χ0v) is 14.3. The second kappa shape index (κ2) is 7.19. The van der Waals surface area contributed by atoms with Crippen molar-refractivity contribution in [2.24, 2.45) is 16.5 Å². The van der Waals surface area contributed by atoms with Gasteiger partial charge in [0.1, 0.15) is 0 Å². The number of aliphatic imine (C=N–C) groups is 1. The zero-order valence-electron chi connectivity index (χ0n) is 13.5. The summed E-state index contributed by atoms with van der Waals surface area (Å²) >= 11 is 0. The highest BCUT2D eigenvalue weighted by molar-refractivity contribution is 6.10. The van der Waals surface area contributed by atoms with Crippen LogP contribution in [0.1, 0.15) is 15.9 Å². The SMILES string of the molecule is Cc1ccc2c(=O)n(-c3ccccc3)cc(C(=O)N=C(N)N)c2c1.Cl. The van der Waals surface area contributed by atoms with Gasteiger partial charge < -0.3 is 11.5 Å². The van der Waals surface area contributed by atoms with Crippen LogP contribution in [0.4, 0.5) is 0 Å². The minimum Gasteiger partial charge on any atom is -0.370 e. The van der Waals surface area contributed by atoms with Gasteiger partial charge in [0.15, 0.2) is 5.96 Å². The average molecular weight is 357 g/mol. The summed E-state index contributed by atoms with van der Waals surface area (Å²) in [5.41, 5.74) is 12.3. The predicted octanol–water partition coefficient (Wildman–Crippen LogP) is 2.13. The first kappa shape index (κ1) is 18.2. The molecule has 3 rings (SSSR count). The van der Waals surface area contributed by atoms with Gasteiger partial charge >= 0.3 is 0 Å². The highest BCUT2D eigenvalue weighted by Gasteiger charge is 2.15. The summed E-state index contributed by atoms with van der Waals surface area (Å²) in [5.74, 6) is -0.909. The number of carbonyl (C=O) groups excluding carboxylic acids is 1. The van der Waals surface area contributed by atoms with Crippen molar-refractivity contribution in [3.8, 4) is 5.69 Å². The fourth-order valence-corrected chi connectivity index (χ4v) is 2.58. The number of halogens is 1. The van der Waals surface area contributed by atoms with E-state index in [2.05, 4.69) is 4.99 Å². The highest BCUT2D eigenvalue weighted by atomic mass is 35.5. The second-order valence-corrected chi connectivity index (χ2v) is 5.44. The van der Waals surface area contributed by atoms with Crippen molar-refractivity contribution in [2.45, 2.75) is 6.92 Å². The van der Waals surface area contributed by atoms with Crippen molar-refractivity contribution >= 4 is 35.0 Å². The van der Waals surface area contributed by atoms with E-state index in [1.165, 1.54) is 10.8 Å². The number of carbonyl (C=O) groups is 1. The first-order chi connectivity index (χ1) is 11.5. The van der Waals surface area contributed by atoms with Gasteiger partial charge in [-0.1, -0.05) is 35.9 Å². The fraction of sp³-hybridized carbons (Fsp3) is 0.0556. The van der Waals surface area contributed by atoms with E-state index in [0.29, 0.717) is 16.5 Å². The number of benzene rings is 2. The molecule has 0 aliphatic heterocycles. The van der Waals surface area contributed by atoms with Crippen LogP contribution in [0.5, 0.6) is 0 Å². The molecule has 0 unspecified atom stereocenters. The van der Waals surface area contributed by atoms with Crippen LogP contribution in [0.3, 0.4) is 0 Å². The van der Waals surface area contributed by atoms with E-state index >= 15 is 0 Å². The molecule has 25 heavy (non-hydrogen) atoms. The summed E-state index contributed by atoms with van der Waals surface area (Å²) in [7, 11) is 0. The molecular weight excluding hydrogens is 340 g/mol. The van der Waals surface area contributed by atoms with E-state index in [-0.39, 0.29) is 29.5 Å². The maximum absolute atomic E-state index is 12.8. The minimum atomic E-state index is -0.588. The molecule has 4 N–H and O–H groups in total. The highest BCUT2D eigenvalue weighted by Crippen LogP contribution is 2.20. The summed E-state index contributed by atoms with van der Waals surface area (Å²) in [6.45, 7) is 1.89. The van der Waals surface area contributed by atoms with Gasteiger partial charge in [-0.15, -0.1) is 12.4 Å². The van der Waals surface area contributed by atoms with Crippen LogP contribution in [0.15, 0.2) is 64.5 Å². The summed E-state index contributed by atoms with van der Waals surface area (Å²) in [6.07, 6.45) is 1.48. The van der Waals surface area contributed by atoms with Crippen molar-refractivity contribution in [3.63, 3.8) is 0 Å². The number of para-hydroxylation sites is 1. The number of hydrogen-bond acceptors (Lipinski definition) is 2. The molecule has 128 valence electrons. The van der Waals surface area contributed by atoms with Gasteiger partial charge in [0.25, 0.3) is 11.5 Å². The molecular formula is C18H17ClN4O2. The van der Waals surface area contributed by atoms with Gasteiger partial charge in [-0.05, 0) is 25.1 Å². The van der Waals surface area contributed by atoms with Crippen LogP contribution in [-0.4, -0.2) is 16.4 Å². The third kappa shape index (κ3) is 3.54. The van der Waals surface area contributed by atoms with Crippen LogP contribution in [0.2, 0.25) is 0 Å². The lowest BCUT2D eigenvalue weighted by molar-refractivity contribution is 0.100. The van der Waals surface area contributed by atoms with Crippen molar-refractivity contribution < 1.29 is 4.79 Å². The Kier molecular flexibility index (Phi) is 5.24. The number of nitrogens with zero attached hydrogens (tertiary/aromatic N) is 2. The number of hydrogen-bond donors (Lipinski definition) is 2. The lowest BCUT2D eigenvalue weighted by atomic mass is 10.0. The van der Waals surface area contributed by atoms with E-state index in [1.54, 1.807) is 24.3 Å². The molecule has 0 aliphatic carbocycles. The number of amides is 1. The molecule has 2 aromatic carbocycles. The van der Waals surface area contributed by atoms with Gasteiger partial charge in [-0.2, -0.15) is 4.99 Å². The molecule has 0 fully saturated rings. The van der Waals surface area contributed by atoms with E-state index in [9.17, 15) is 9.59 Å². The summed E-state index contributed by atoms with van der Waals surface area (Å²) < 4.78 is 1.42. The molecule has 0 radical (unpaired) electrons. The van der Waals surface area contributed by atoms with Gasteiger partial charge in [-0.25, -0.2) is 0 Å². The number of nitrogens with two attached hydrogens (primary N) is 2. The molecule has 1 amide bonds.